The lowest BCUT2D eigenvalue weighted by atomic mass is 10.1. The van der Waals surface area contributed by atoms with Crippen molar-refractivity contribution in [3.05, 3.63) is 63.7 Å². The van der Waals surface area contributed by atoms with Gasteiger partial charge in [-0.1, -0.05) is 36.0 Å². The van der Waals surface area contributed by atoms with Crippen LogP contribution in [0.15, 0.2) is 52.8 Å². The van der Waals surface area contributed by atoms with E-state index in [-0.39, 0.29) is 23.1 Å². The number of halogens is 1. The van der Waals surface area contributed by atoms with E-state index in [1.165, 1.54) is 20.1 Å². The Morgan fingerprint density at radius 3 is 2.34 bits per heavy atom. The summed E-state index contributed by atoms with van der Waals surface area (Å²) in [6.07, 6.45) is 0. The van der Waals surface area contributed by atoms with Gasteiger partial charge in [-0.2, -0.15) is 0 Å². The first-order chi connectivity index (χ1) is 15.2. The first-order valence-electron chi connectivity index (χ1n) is 9.75. The molecule has 1 saturated heterocycles. The molecular weight excluding hydrogens is 454 g/mol. The van der Waals surface area contributed by atoms with E-state index in [4.69, 9.17) is 16.3 Å². The van der Waals surface area contributed by atoms with Crippen LogP contribution in [0.1, 0.15) is 12.5 Å². The molecule has 1 heterocycles. The minimum atomic E-state index is -0.494. The molecule has 2 amide bonds. The maximum atomic E-state index is 12.9. The lowest BCUT2D eigenvalue weighted by Gasteiger charge is -2.34. The first-order valence-corrected chi connectivity index (χ1v) is 10.9. The van der Waals surface area contributed by atoms with Crippen molar-refractivity contribution in [2.45, 2.75) is 16.7 Å². The average molecular weight is 476 g/mol. The molecule has 3 rings (SSSR count). The summed E-state index contributed by atoms with van der Waals surface area (Å²) in [5, 5.41) is 12.2. The lowest BCUT2D eigenvalue weighted by molar-refractivity contribution is -0.387. The number of nitrogens with zero attached hydrogens (tertiary/aromatic N) is 3. The fourth-order valence-corrected chi connectivity index (χ4v) is 4.61. The maximum absolute atomic E-state index is 12.9. The number of hydrogen-bond donors (Lipinski definition) is 0. The van der Waals surface area contributed by atoms with Crippen LogP contribution < -0.4 is 4.74 Å². The molecule has 8 nitrogen and oxygen atoms in total. The highest BCUT2D eigenvalue weighted by Crippen LogP contribution is 2.41. The van der Waals surface area contributed by atoms with Gasteiger partial charge in [0.25, 0.3) is 11.6 Å². The van der Waals surface area contributed by atoms with Crippen LogP contribution in [0.5, 0.6) is 5.75 Å². The Hall–Kier alpha value is -3.04. The Bertz CT molecular complexity index is 1080. The highest BCUT2D eigenvalue weighted by atomic mass is 35.5. The standard InChI is InChI=1S/C22H22ClN3O5S/c1-14(22(28)25-10-8-24(9-11-25)15(2)27)16-4-7-20(18(12-16)26(29)30)32-21-13-17(23)5-6-19(21)31-3/h4-7,12-13H,1,8-11H2,2-3H3. The predicted octanol–water partition coefficient (Wildman–Crippen LogP) is 4.11. The van der Waals surface area contributed by atoms with E-state index >= 15 is 0 Å². The Morgan fingerprint density at radius 2 is 1.75 bits per heavy atom. The molecule has 0 N–H and O–H groups in total. The van der Waals surface area contributed by atoms with E-state index in [2.05, 4.69) is 6.58 Å². The van der Waals surface area contributed by atoms with Gasteiger partial charge in [0.1, 0.15) is 5.75 Å². The summed E-state index contributed by atoms with van der Waals surface area (Å²) in [6, 6.07) is 9.62. The summed E-state index contributed by atoms with van der Waals surface area (Å²) in [7, 11) is 1.51. The fraction of sp³-hybridized carbons (Fsp3) is 0.273. The third-order valence-corrected chi connectivity index (χ3v) is 6.46. The van der Waals surface area contributed by atoms with Crippen molar-refractivity contribution < 1.29 is 19.2 Å². The molecule has 1 fully saturated rings. The third-order valence-electron chi connectivity index (χ3n) is 5.12. The second-order valence-corrected chi connectivity index (χ2v) is 8.63. The number of rotatable bonds is 6. The minimum Gasteiger partial charge on any atom is -0.496 e. The Labute approximate surface area is 194 Å². The normalized spacial score (nSPS) is 13.6. The van der Waals surface area contributed by atoms with Gasteiger partial charge < -0.3 is 14.5 Å². The van der Waals surface area contributed by atoms with Gasteiger partial charge in [-0.25, -0.2) is 0 Å². The molecule has 168 valence electrons. The molecule has 0 radical (unpaired) electrons. The van der Waals surface area contributed by atoms with E-state index in [0.717, 1.165) is 11.8 Å². The van der Waals surface area contributed by atoms with Crippen molar-refractivity contribution in [1.82, 2.24) is 9.80 Å². The number of piperazine rings is 1. The number of carbonyl (C=O) groups excluding carboxylic acids is 2. The molecule has 10 heteroatoms. The van der Waals surface area contributed by atoms with Crippen molar-refractivity contribution in [1.29, 1.82) is 0 Å². The highest BCUT2D eigenvalue weighted by Gasteiger charge is 2.26. The van der Waals surface area contributed by atoms with E-state index < -0.39 is 4.92 Å². The summed E-state index contributed by atoms with van der Waals surface area (Å²) in [4.78, 5) is 39.9. The molecule has 0 bridgehead atoms. The van der Waals surface area contributed by atoms with Gasteiger partial charge in [-0.3, -0.25) is 19.7 Å². The Morgan fingerprint density at radius 1 is 1.09 bits per heavy atom. The zero-order chi connectivity index (χ0) is 23.4. The smallest absolute Gasteiger partial charge is 0.283 e. The Balaban J connectivity index is 1.82. The summed E-state index contributed by atoms with van der Waals surface area (Å²) < 4.78 is 5.32. The summed E-state index contributed by atoms with van der Waals surface area (Å²) >= 11 is 7.22. The fourth-order valence-electron chi connectivity index (χ4n) is 3.32. The van der Waals surface area contributed by atoms with Crippen LogP contribution in [-0.4, -0.2) is 59.8 Å². The van der Waals surface area contributed by atoms with E-state index in [9.17, 15) is 19.7 Å². The molecule has 32 heavy (non-hydrogen) atoms. The molecule has 0 atom stereocenters. The number of nitro groups is 1. The SMILES string of the molecule is C=C(C(=O)N1CCN(C(C)=O)CC1)c1ccc(Sc2cc(Cl)ccc2OC)c([N+](=O)[O-])c1. The molecule has 0 spiro atoms. The summed E-state index contributed by atoms with van der Waals surface area (Å²) in [6.45, 7) is 7.04. The summed E-state index contributed by atoms with van der Waals surface area (Å²) in [5.74, 6) is 0.206. The monoisotopic (exact) mass is 475 g/mol. The maximum Gasteiger partial charge on any atom is 0.283 e. The molecule has 0 aliphatic carbocycles. The van der Waals surface area contributed by atoms with Gasteiger partial charge in [0.2, 0.25) is 5.91 Å². The lowest BCUT2D eigenvalue weighted by Crippen LogP contribution is -2.50. The Kier molecular flexibility index (Phi) is 7.42. The largest absolute Gasteiger partial charge is 0.496 e. The second kappa shape index (κ2) is 10.1. The van der Waals surface area contributed by atoms with Crippen LogP contribution >= 0.6 is 23.4 Å². The van der Waals surface area contributed by atoms with Crippen LogP contribution in [-0.2, 0) is 9.59 Å². The minimum absolute atomic E-state index is 0.0315. The van der Waals surface area contributed by atoms with Gasteiger partial charge in [0.15, 0.2) is 0 Å². The highest BCUT2D eigenvalue weighted by molar-refractivity contribution is 7.99. The van der Waals surface area contributed by atoms with Crippen molar-refractivity contribution in [2.75, 3.05) is 33.3 Å². The van der Waals surface area contributed by atoms with Crippen LogP contribution in [0.2, 0.25) is 5.02 Å². The zero-order valence-corrected chi connectivity index (χ0v) is 19.2. The summed E-state index contributed by atoms with van der Waals surface area (Å²) in [5.41, 5.74) is 0.393. The van der Waals surface area contributed by atoms with Crippen LogP contribution in [0.4, 0.5) is 5.69 Å². The van der Waals surface area contributed by atoms with E-state index in [1.807, 2.05) is 0 Å². The molecule has 0 unspecified atom stereocenters. The molecule has 1 aliphatic heterocycles. The second-order valence-electron chi connectivity index (χ2n) is 7.11. The van der Waals surface area contributed by atoms with Crippen LogP contribution in [0.3, 0.4) is 0 Å². The molecule has 0 aromatic heterocycles. The topological polar surface area (TPSA) is 93.0 Å². The molecular formula is C22H22ClN3O5S. The number of hydrogen-bond acceptors (Lipinski definition) is 6. The van der Waals surface area contributed by atoms with Crippen LogP contribution in [0, 0.1) is 10.1 Å². The number of carbonyl (C=O) groups is 2. The molecule has 2 aromatic carbocycles. The third kappa shape index (κ3) is 5.23. The van der Waals surface area contributed by atoms with Gasteiger partial charge in [0.05, 0.1) is 21.8 Å². The number of amides is 2. The van der Waals surface area contributed by atoms with Gasteiger partial charge >= 0.3 is 0 Å². The number of benzene rings is 2. The predicted molar refractivity (Wildman–Crippen MR) is 123 cm³/mol. The van der Waals surface area contributed by atoms with Crippen LogP contribution in [0.25, 0.3) is 5.57 Å². The van der Waals surface area contributed by atoms with Gasteiger partial charge in [-0.05, 0) is 29.8 Å². The van der Waals surface area contributed by atoms with Gasteiger partial charge in [-0.15, -0.1) is 0 Å². The van der Waals surface area contributed by atoms with Crippen molar-refractivity contribution in [2.24, 2.45) is 0 Å². The van der Waals surface area contributed by atoms with Gasteiger partial charge in [0, 0.05) is 49.8 Å². The molecule has 0 saturated carbocycles. The number of ether oxygens (including phenoxy) is 1. The number of methoxy groups -OCH3 is 1. The molecule has 2 aromatic rings. The molecule has 1 aliphatic rings. The van der Waals surface area contributed by atoms with Crippen molar-refractivity contribution >= 4 is 46.4 Å². The zero-order valence-electron chi connectivity index (χ0n) is 17.7. The van der Waals surface area contributed by atoms with Crippen molar-refractivity contribution in [3.63, 3.8) is 0 Å². The quantitative estimate of drug-likeness (QED) is 0.354. The first kappa shape index (κ1) is 23.6. The average Bonchev–Trinajstić information content (AvgIpc) is 2.78. The van der Waals surface area contributed by atoms with E-state index in [1.54, 1.807) is 40.1 Å². The number of nitro benzene ring substituents is 1. The van der Waals surface area contributed by atoms with Crippen molar-refractivity contribution in [3.8, 4) is 5.75 Å². The van der Waals surface area contributed by atoms with E-state index in [0.29, 0.717) is 52.3 Å².